The van der Waals surface area contributed by atoms with Crippen molar-refractivity contribution in [1.29, 1.82) is 0 Å². The first kappa shape index (κ1) is 16.0. The summed E-state index contributed by atoms with van der Waals surface area (Å²) in [4.78, 5) is 25.8. The van der Waals surface area contributed by atoms with Gasteiger partial charge in [0.25, 0.3) is 0 Å². The number of aromatic nitrogens is 2. The number of aromatic amines is 1. The Bertz CT molecular complexity index is 714. The van der Waals surface area contributed by atoms with Crippen LogP contribution in [0.5, 0.6) is 0 Å². The Morgan fingerprint density at radius 2 is 2.33 bits per heavy atom. The van der Waals surface area contributed by atoms with Crippen LogP contribution < -0.4 is 15.5 Å². The van der Waals surface area contributed by atoms with E-state index in [0.717, 1.165) is 17.7 Å². The number of hydrogen-bond acceptors (Lipinski definition) is 3. The molecule has 7 nitrogen and oxygen atoms in total. The largest absolute Gasteiger partial charge is 0.338 e. The second kappa shape index (κ2) is 7.16. The smallest absolute Gasteiger partial charge is 0.319 e. The minimum atomic E-state index is -0.267. The topological polar surface area (TPSA) is 90.1 Å². The molecule has 0 bridgehead atoms. The van der Waals surface area contributed by atoms with E-state index >= 15 is 0 Å². The maximum absolute atomic E-state index is 12.0. The zero-order chi connectivity index (χ0) is 16.9. The predicted molar refractivity (Wildman–Crippen MR) is 91.9 cm³/mol. The van der Waals surface area contributed by atoms with Gasteiger partial charge in [-0.1, -0.05) is 6.07 Å². The van der Waals surface area contributed by atoms with Crippen LogP contribution in [0.15, 0.2) is 36.7 Å². The standard InChI is InChI=1S/C17H21N5O2/c1-12-5-6-16(23)22(12)15-4-2-3-14(9-15)21-17(24)18-8-7-13-10-19-20-11-13/h2-4,9-12H,5-8H2,1H3,(H,19,20)(H2,18,21,24). The van der Waals surface area contributed by atoms with Crippen molar-refractivity contribution in [3.63, 3.8) is 0 Å². The molecule has 7 heteroatoms. The van der Waals surface area contributed by atoms with E-state index in [9.17, 15) is 9.59 Å². The minimum absolute atomic E-state index is 0.129. The van der Waals surface area contributed by atoms with Crippen LogP contribution in [0.4, 0.5) is 16.2 Å². The van der Waals surface area contributed by atoms with Crippen molar-refractivity contribution in [2.24, 2.45) is 0 Å². The van der Waals surface area contributed by atoms with Crippen molar-refractivity contribution >= 4 is 23.3 Å². The van der Waals surface area contributed by atoms with E-state index in [1.165, 1.54) is 0 Å². The van der Waals surface area contributed by atoms with Crippen molar-refractivity contribution in [3.8, 4) is 0 Å². The Morgan fingerprint density at radius 3 is 3.04 bits per heavy atom. The van der Waals surface area contributed by atoms with Crippen LogP contribution in [0, 0.1) is 0 Å². The van der Waals surface area contributed by atoms with E-state index < -0.39 is 0 Å². The molecule has 1 atom stereocenters. The molecule has 3 rings (SSSR count). The summed E-state index contributed by atoms with van der Waals surface area (Å²) in [5, 5.41) is 12.2. The lowest BCUT2D eigenvalue weighted by molar-refractivity contribution is -0.117. The molecule has 3 amide bonds. The van der Waals surface area contributed by atoms with Crippen molar-refractivity contribution < 1.29 is 9.59 Å². The first-order chi connectivity index (χ1) is 11.6. The summed E-state index contributed by atoms with van der Waals surface area (Å²) in [5.74, 6) is 0.129. The van der Waals surface area contributed by atoms with E-state index in [1.54, 1.807) is 17.3 Å². The van der Waals surface area contributed by atoms with Gasteiger partial charge in [0.2, 0.25) is 5.91 Å². The molecule has 0 spiro atoms. The van der Waals surface area contributed by atoms with Crippen LogP contribution in [0.3, 0.4) is 0 Å². The van der Waals surface area contributed by atoms with Crippen molar-refractivity contribution in [1.82, 2.24) is 15.5 Å². The summed E-state index contributed by atoms with van der Waals surface area (Å²) in [6.07, 6.45) is 5.69. The normalized spacial score (nSPS) is 17.1. The molecule has 24 heavy (non-hydrogen) atoms. The molecular formula is C17H21N5O2. The molecular weight excluding hydrogens is 306 g/mol. The Morgan fingerprint density at radius 1 is 1.46 bits per heavy atom. The highest BCUT2D eigenvalue weighted by atomic mass is 16.2. The fourth-order valence-corrected chi connectivity index (χ4v) is 2.87. The van der Waals surface area contributed by atoms with Gasteiger partial charge in [-0.05, 0) is 43.5 Å². The first-order valence-corrected chi connectivity index (χ1v) is 8.08. The molecule has 1 aliphatic heterocycles. The Kier molecular flexibility index (Phi) is 4.79. The van der Waals surface area contributed by atoms with E-state index in [0.29, 0.717) is 25.1 Å². The third kappa shape index (κ3) is 3.73. The molecule has 2 aromatic rings. The lowest BCUT2D eigenvalue weighted by Gasteiger charge is -2.22. The maximum Gasteiger partial charge on any atom is 0.319 e. The fraction of sp³-hybridized carbons (Fsp3) is 0.353. The zero-order valence-electron chi connectivity index (χ0n) is 13.6. The van der Waals surface area contributed by atoms with Gasteiger partial charge in [0.15, 0.2) is 0 Å². The number of amides is 3. The van der Waals surface area contributed by atoms with Gasteiger partial charge in [-0.25, -0.2) is 4.79 Å². The lowest BCUT2D eigenvalue weighted by atomic mass is 10.2. The molecule has 1 aromatic carbocycles. The number of H-pyrrole nitrogens is 1. The second-order valence-electron chi connectivity index (χ2n) is 5.94. The van der Waals surface area contributed by atoms with Crippen LogP contribution in [-0.4, -0.2) is 34.7 Å². The van der Waals surface area contributed by atoms with Crippen molar-refractivity contribution in [2.45, 2.75) is 32.2 Å². The van der Waals surface area contributed by atoms with Crippen LogP contribution in [0.1, 0.15) is 25.3 Å². The predicted octanol–water partition coefficient (Wildman–Crippen LogP) is 2.29. The van der Waals surface area contributed by atoms with Gasteiger partial charge in [-0.15, -0.1) is 0 Å². The molecule has 1 aromatic heterocycles. The second-order valence-corrected chi connectivity index (χ2v) is 5.94. The summed E-state index contributed by atoms with van der Waals surface area (Å²) in [7, 11) is 0. The number of urea groups is 1. The highest BCUT2D eigenvalue weighted by molar-refractivity contribution is 5.97. The van der Waals surface area contributed by atoms with Gasteiger partial charge in [0, 0.05) is 36.6 Å². The number of nitrogens with one attached hydrogen (secondary N) is 3. The van der Waals surface area contributed by atoms with Crippen molar-refractivity contribution in [3.05, 3.63) is 42.2 Å². The van der Waals surface area contributed by atoms with E-state index in [4.69, 9.17) is 0 Å². The number of carbonyl (C=O) groups excluding carboxylic acids is 2. The molecule has 3 N–H and O–H groups in total. The van der Waals surface area contributed by atoms with E-state index in [2.05, 4.69) is 20.8 Å². The Hall–Kier alpha value is -2.83. The number of benzene rings is 1. The average molecular weight is 327 g/mol. The maximum atomic E-state index is 12.0. The highest BCUT2D eigenvalue weighted by Gasteiger charge is 2.28. The first-order valence-electron chi connectivity index (χ1n) is 8.08. The van der Waals surface area contributed by atoms with Gasteiger partial charge in [0.1, 0.15) is 0 Å². The number of nitrogens with zero attached hydrogens (tertiary/aromatic N) is 2. The van der Waals surface area contributed by atoms with Gasteiger partial charge in [-0.2, -0.15) is 5.10 Å². The van der Waals surface area contributed by atoms with E-state index in [1.807, 2.05) is 31.2 Å². The Balaban J connectivity index is 1.56. The molecule has 1 fully saturated rings. The van der Waals surface area contributed by atoms with E-state index in [-0.39, 0.29) is 18.0 Å². The number of carbonyl (C=O) groups is 2. The number of anilines is 2. The summed E-state index contributed by atoms with van der Waals surface area (Å²) in [5.41, 5.74) is 2.53. The SMILES string of the molecule is CC1CCC(=O)N1c1cccc(NC(=O)NCCc2cn[nH]c2)c1. The Labute approximate surface area is 140 Å². The van der Waals surface area contributed by atoms with Crippen LogP contribution in [0.25, 0.3) is 0 Å². The molecule has 2 heterocycles. The highest BCUT2D eigenvalue weighted by Crippen LogP contribution is 2.28. The summed E-state index contributed by atoms with van der Waals surface area (Å²) >= 11 is 0. The summed E-state index contributed by atoms with van der Waals surface area (Å²) < 4.78 is 0. The molecule has 126 valence electrons. The third-order valence-electron chi connectivity index (χ3n) is 4.12. The average Bonchev–Trinajstić information content (AvgIpc) is 3.18. The van der Waals surface area contributed by atoms with Crippen LogP contribution in [0.2, 0.25) is 0 Å². The fourth-order valence-electron chi connectivity index (χ4n) is 2.87. The lowest BCUT2D eigenvalue weighted by Crippen LogP contribution is -2.31. The molecule has 0 aliphatic carbocycles. The van der Waals surface area contributed by atoms with Crippen LogP contribution in [-0.2, 0) is 11.2 Å². The minimum Gasteiger partial charge on any atom is -0.338 e. The van der Waals surface area contributed by atoms with Gasteiger partial charge in [-0.3, -0.25) is 9.89 Å². The molecule has 0 saturated carbocycles. The van der Waals surface area contributed by atoms with Crippen molar-refractivity contribution in [2.75, 3.05) is 16.8 Å². The number of hydrogen-bond donors (Lipinski definition) is 3. The molecule has 1 unspecified atom stereocenters. The van der Waals surface area contributed by atoms with Gasteiger partial charge in [0.05, 0.1) is 6.20 Å². The van der Waals surface area contributed by atoms with Crippen LogP contribution >= 0.6 is 0 Å². The number of rotatable bonds is 5. The third-order valence-corrected chi connectivity index (χ3v) is 4.12. The quantitative estimate of drug-likeness (QED) is 0.787. The summed E-state index contributed by atoms with van der Waals surface area (Å²) in [6, 6.07) is 7.30. The van der Waals surface area contributed by atoms with Gasteiger partial charge >= 0.3 is 6.03 Å². The molecule has 1 saturated heterocycles. The molecule has 1 aliphatic rings. The van der Waals surface area contributed by atoms with Gasteiger partial charge < -0.3 is 15.5 Å². The monoisotopic (exact) mass is 327 g/mol. The zero-order valence-corrected chi connectivity index (χ0v) is 13.6. The molecule has 0 radical (unpaired) electrons. The summed E-state index contributed by atoms with van der Waals surface area (Å²) in [6.45, 7) is 2.56.